The Kier molecular flexibility index (Phi) is 5.13. The van der Waals surface area contributed by atoms with Gasteiger partial charge in [0.15, 0.2) is 5.82 Å². The third-order valence-corrected chi connectivity index (χ3v) is 8.42. The van der Waals surface area contributed by atoms with Crippen molar-refractivity contribution in [3.8, 4) is 11.4 Å². The molecule has 4 nitrogen and oxygen atoms in total. The van der Waals surface area contributed by atoms with Crippen LogP contribution in [-0.2, 0) is 5.41 Å². The summed E-state index contributed by atoms with van der Waals surface area (Å²) in [6.07, 6.45) is 6.84. The van der Waals surface area contributed by atoms with Crippen molar-refractivity contribution in [1.82, 2.24) is 15.0 Å². The van der Waals surface area contributed by atoms with Crippen LogP contribution in [0.4, 0.5) is 14.6 Å². The number of fused-ring (bicyclic) bond motifs is 5. The van der Waals surface area contributed by atoms with Gasteiger partial charge in [-0.3, -0.25) is 0 Å². The monoisotopic (exact) mass is 474 g/mol. The van der Waals surface area contributed by atoms with Crippen LogP contribution in [0.2, 0.25) is 0 Å². The van der Waals surface area contributed by atoms with Gasteiger partial charge in [-0.05, 0) is 66.5 Å². The van der Waals surface area contributed by atoms with Gasteiger partial charge in [-0.15, -0.1) is 0 Å². The lowest BCUT2D eigenvalue weighted by atomic mass is 9.62. The molecule has 6 heteroatoms. The third kappa shape index (κ3) is 3.69. The van der Waals surface area contributed by atoms with Crippen LogP contribution in [0.1, 0.15) is 58.9 Å². The Hall–Kier alpha value is -3.02. The van der Waals surface area contributed by atoms with E-state index in [1.54, 1.807) is 6.20 Å². The van der Waals surface area contributed by atoms with Gasteiger partial charge in [0.2, 0.25) is 0 Å². The molecule has 2 atom stereocenters. The molecule has 3 fully saturated rings. The molecular weight excluding hydrogens is 442 g/mol. The molecule has 2 heterocycles. The number of rotatable bonds is 3. The van der Waals surface area contributed by atoms with E-state index in [0.29, 0.717) is 34.7 Å². The highest BCUT2D eigenvalue weighted by molar-refractivity contribution is 5.98. The molecule has 0 aliphatic heterocycles. The molecule has 0 radical (unpaired) electrons. The van der Waals surface area contributed by atoms with Crippen molar-refractivity contribution in [2.75, 3.05) is 5.32 Å². The van der Waals surface area contributed by atoms with Gasteiger partial charge in [-0.2, -0.15) is 0 Å². The number of hydrogen-bond acceptors (Lipinski definition) is 3. The largest absolute Gasteiger partial charge is 0.366 e. The molecule has 182 valence electrons. The fourth-order valence-electron chi connectivity index (χ4n) is 6.49. The summed E-state index contributed by atoms with van der Waals surface area (Å²) in [5.74, 6) is 2.04. The third-order valence-electron chi connectivity index (χ3n) is 8.42. The van der Waals surface area contributed by atoms with Crippen molar-refractivity contribution in [2.24, 2.45) is 17.8 Å². The molecule has 0 unspecified atom stereocenters. The van der Waals surface area contributed by atoms with Gasteiger partial charge in [0.25, 0.3) is 0 Å². The van der Waals surface area contributed by atoms with Crippen molar-refractivity contribution >= 4 is 27.6 Å². The molecule has 0 saturated heterocycles. The minimum atomic E-state index is -0.618. The van der Waals surface area contributed by atoms with Crippen LogP contribution < -0.4 is 5.32 Å². The zero-order chi connectivity index (χ0) is 24.5. The van der Waals surface area contributed by atoms with Gasteiger partial charge >= 0.3 is 0 Å². The molecule has 4 aromatic rings. The van der Waals surface area contributed by atoms with E-state index in [1.165, 1.54) is 31.7 Å². The summed E-state index contributed by atoms with van der Waals surface area (Å²) in [6.45, 7) is 8.89. The van der Waals surface area contributed by atoms with Gasteiger partial charge in [0.1, 0.15) is 17.5 Å². The second-order valence-electron chi connectivity index (χ2n) is 11.6. The first kappa shape index (κ1) is 22.4. The maximum absolute atomic E-state index is 14.4. The van der Waals surface area contributed by atoms with Gasteiger partial charge in [-0.25, -0.2) is 18.7 Å². The fraction of sp³-hybridized carbons (Fsp3) is 0.448. The summed E-state index contributed by atoms with van der Waals surface area (Å²) in [7, 11) is 0. The van der Waals surface area contributed by atoms with E-state index in [1.807, 2.05) is 0 Å². The van der Waals surface area contributed by atoms with Crippen molar-refractivity contribution in [1.29, 1.82) is 0 Å². The van der Waals surface area contributed by atoms with Gasteiger partial charge < -0.3 is 10.3 Å². The van der Waals surface area contributed by atoms with E-state index in [9.17, 15) is 8.78 Å². The Bertz CT molecular complexity index is 1420. The average Bonchev–Trinajstić information content (AvgIpc) is 3.24. The number of hydrogen-bond donors (Lipinski definition) is 2. The lowest BCUT2D eigenvalue weighted by Crippen LogP contribution is -2.47. The summed E-state index contributed by atoms with van der Waals surface area (Å²) in [4.78, 5) is 13.0. The number of benzene rings is 2. The predicted octanol–water partition coefficient (Wildman–Crippen LogP) is 7.59. The lowest BCUT2D eigenvalue weighted by Gasteiger charge is -2.48. The van der Waals surface area contributed by atoms with Crippen LogP contribution in [0.3, 0.4) is 0 Å². The van der Waals surface area contributed by atoms with E-state index in [4.69, 9.17) is 9.97 Å². The smallest absolute Gasteiger partial charge is 0.164 e. The predicted molar refractivity (Wildman–Crippen MR) is 137 cm³/mol. The van der Waals surface area contributed by atoms with Crippen molar-refractivity contribution < 1.29 is 8.78 Å². The molecule has 0 amide bonds. The molecule has 2 aromatic carbocycles. The highest BCUT2D eigenvalue weighted by Crippen LogP contribution is 2.46. The Morgan fingerprint density at radius 3 is 2.43 bits per heavy atom. The Balaban J connectivity index is 1.56. The Morgan fingerprint density at radius 1 is 0.971 bits per heavy atom. The molecule has 2 aromatic heterocycles. The molecule has 3 aliphatic rings. The van der Waals surface area contributed by atoms with Crippen molar-refractivity contribution in [3.05, 3.63) is 53.7 Å². The number of nitrogens with one attached hydrogen (secondary N) is 2. The van der Waals surface area contributed by atoms with Crippen LogP contribution in [0.5, 0.6) is 0 Å². The van der Waals surface area contributed by atoms with E-state index < -0.39 is 11.6 Å². The molecule has 2 bridgehead atoms. The zero-order valence-corrected chi connectivity index (χ0v) is 20.8. The lowest BCUT2D eigenvalue weighted by molar-refractivity contribution is 0.0929. The highest BCUT2D eigenvalue weighted by Gasteiger charge is 2.41. The number of halogens is 2. The number of anilines is 1. The fourth-order valence-corrected chi connectivity index (χ4v) is 6.49. The number of H-pyrrole nitrogens is 1. The molecule has 7 rings (SSSR count). The zero-order valence-electron chi connectivity index (χ0n) is 20.8. The molecule has 0 spiro atoms. The molecule has 2 N–H and O–H groups in total. The topological polar surface area (TPSA) is 53.6 Å². The summed E-state index contributed by atoms with van der Waals surface area (Å²) < 4.78 is 28.6. The number of para-hydroxylation sites is 1. The maximum atomic E-state index is 14.4. The standard InChI is InChI=1S/C29H32F2N4/c1-15-16-8-10-17(11-9-16)24(15)33-27-19-6-5-7-22(29(2,3)4)25(19)34-28(35-27)21-14-32-26-20(21)12-18(30)13-23(26)31/h5-7,12-17,24,32H,8-11H2,1-4H3,(H,33,34,35)/t15-,16?,17?,24+/m0/s1. The highest BCUT2D eigenvalue weighted by atomic mass is 19.1. The van der Waals surface area contributed by atoms with Crippen LogP contribution >= 0.6 is 0 Å². The summed E-state index contributed by atoms with van der Waals surface area (Å²) in [6, 6.07) is 8.88. The quantitative estimate of drug-likeness (QED) is 0.322. The van der Waals surface area contributed by atoms with E-state index in [-0.39, 0.29) is 10.9 Å². The van der Waals surface area contributed by atoms with Crippen molar-refractivity contribution in [2.45, 2.75) is 64.8 Å². The van der Waals surface area contributed by atoms with E-state index in [2.05, 4.69) is 56.2 Å². The van der Waals surface area contributed by atoms with E-state index >= 15 is 0 Å². The molecular formula is C29H32F2N4. The van der Waals surface area contributed by atoms with Gasteiger partial charge in [0.05, 0.1) is 11.0 Å². The number of nitrogens with zero attached hydrogens (tertiary/aromatic N) is 2. The first-order valence-electron chi connectivity index (χ1n) is 12.7. The summed E-state index contributed by atoms with van der Waals surface area (Å²) in [5, 5.41) is 5.29. The summed E-state index contributed by atoms with van der Waals surface area (Å²) in [5.41, 5.74) is 2.74. The van der Waals surface area contributed by atoms with Crippen molar-refractivity contribution in [3.63, 3.8) is 0 Å². The Labute approximate surface area is 204 Å². The minimum absolute atomic E-state index is 0.127. The van der Waals surface area contributed by atoms with Crippen LogP contribution in [0.15, 0.2) is 36.5 Å². The van der Waals surface area contributed by atoms with E-state index in [0.717, 1.165) is 34.3 Å². The summed E-state index contributed by atoms with van der Waals surface area (Å²) >= 11 is 0. The molecule has 3 saturated carbocycles. The number of aromatic nitrogens is 3. The first-order valence-corrected chi connectivity index (χ1v) is 12.7. The van der Waals surface area contributed by atoms with Crippen LogP contribution in [-0.4, -0.2) is 21.0 Å². The first-order chi connectivity index (χ1) is 16.7. The second kappa shape index (κ2) is 8.00. The van der Waals surface area contributed by atoms with Crippen LogP contribution in [0.25, 0.3) is 33.2 Å². The average molecular weight is 475 g/mol. The molecule has 35 heavy (non-hydrogen) atoms. The molecule has 3 aliphatic carbocycles. The Morgan fingerprint density at radius 2 is 1.71 bits per heavy atom. The minimum Gasteiger partial charge on any atom is -0.366 e. The van der Waals surface area contributed by atoms with Gasteiger partial charge in [-0.1, -0.05) is 39.8 Å². The maximum Gasteiger partial charge on any atom is 0.164 e. The van der Waals surface area contributed by atoms with Gasteiger partial charge in [0, 0.05) is 34.6 Å². The SMILES string of the molecule is C[C@H]1C2CCC(CC2)[C@@H]1Nc1nc(-c2c[nH]c3c(F)cc(F)cc23)nc2c(C(C)(C)C)cccc12. The van der Waals surface area contributed by atoms with Crippen LogP contribution in [0, 0.1) is 29.4 Å². The number of aromatic amines is 1. The second-order valence-corrected chi connectivity index (χ2v) is 11.6. The normalized spacial score (nSPS) is 24.4.